The summed E-state index contributed by atoms with van der Waals surface area (Å²) in [4.78, 5) is 0. The average molecular weight is 270 g/mol. The highest BCUT2D eigenvalue weighted by molar-refractivity contribution is 5.85. The molecule has 2 atom stereocenters. The van der Waals surface area contributed by atoms with Gasteiger partial charge in [0.25, 0.3) is 0 Å². The Balaban J connectivity index is 2.13. The van der Waals surface area contributed by atoms with Gasteiger partial charge in [0.1, 0.15) is 0 Å². The monoisotopic (exact) mass is 270 g/mol. The lowest BCUT2D eigenvalue weighted by molar-refractivity contribution is 0.385. The maximum atomic E-state index is 5.76. The van der Waals surface area contributed by atoms with Crippen molar-refractivity contribution in [3.63, 3.8) is 0 Å². The van der Waals surface area contributed by atoms with Crippen LogP contribution in [0.15, 0.2) is 42.5 Å². The molecule has 0 aliphatic heterocycles. The van der Waals surface area contributed by atoms with Crippen molar-refractivity contribution in [2.24, 2.45) is 11.8 Å². The van der Waals surface area contributed by atoms with E-state index in [9.17, 15) is 0 Å². The first kappa shape index (κ1) is 15.0. The maximum Gasteiger partial charge on any atom is 0.0253 e. The fourth-order valence-corrected chi connectivity index (χ4v) is 3.04. The van der Waals surface area contributed by atoms with E-state index in [4.69, 9.17) is 5.84 Å². The van der Waals surface area contributed by atoms with Gasteiger partial charge in [-0.2, -0.15) is 0 Å². The molecule has 0 bridgehead atoms. The van der Waals surface area contributed by atoms with E-state index in [-0.39, 0.29) is 0 Å². The largest absolute Gasteiger partial charge is 0.271 e. The van der Waals surface area contributed by atoms with E-state index in [1.165, 1.54) is 29.2 Å². The molecule has 108 valence electrons. The Bertz CT molecular complexity index is 530. The molecule has 2 rings (SSSR count). The molecule has 2 aromatic rings. The van der Waals surface area contributed by atoms with Crippen molar-refractivity contribution in [1.29, 1.82) is 0 Å². The molecule has 0 spiro atoms. The molecule has 0 saturated heterocycles. The minimum Gasteiger partial charge on any atom is -0.271 e. The van der Waals surface area contributed by atoms with Gasteiger partial charge in [0, 0.05) is 6.04 Å². The van der Waals surface area contributed by atoms with Gasteiger partial charge in [0.15, 0.2) is 0 Å². The Morgan fingerprint density at radius 1 is 1.10 bits per heavy atom. The molecule has 0 amide bonds. The number of hydrogen-bond acceptors (Lipinski definition) is 2. The zero-order chi connectivity index (χ0) is 14.4. The Labute approximate surface area is 122 Å². The first-order valence-electron chi connectivity index (χ1n) is 7.67. The summed E-state index contributed by atoms with van der Waals surface area (Å²) in [5, 5.41) is 2.65. The second-order valence-corrected chi connectivity index (χ2v) is 5.84. The fraction of sp³-hybridized carbons (Fsp3) is 0.444. The summed E-state index contributed by atoms with van der Waals surface area (Å²) in [7, 11) is 0. The van der Waals surface area contributed by atoms with Crippen LogP contribution < -0.4 is 11.3 Å². The van der Waals surface area contributed by atoms with Crippen LogP contribution in [0, 0.1) is 5.92 Å². The first-order chi connectivity index (χ1) is 9.74. The smallest absolute Gasteiger partial charge is 0.0253 e. The minimum absolute atomic E-state index is 0.349. The number of hydrazine groups is 1. The van der Waals surface area contributed by atoms with Crippen molar-refractivity contribution in [3.05, 3.63) is 48.0 Å². The Morgan fingerprint density at radius 3 is 2.60 bits per heavy atom. The summed E-state index contributed by atoms with van der Waals surface area (Å²) >= 11 is 0. The van der Waals surface area contributed by atoms with Crippen molar-refractivity contribution in [1.82, 2.24) is 5.43 Å². The number of nitrogens with two attached hydrogens (primary N) is 1. The highest BCUT2D eigenvalue weighted by Crippen LogP contribution is 2.22. The molecule has 0 aromatic heterocycles. The SMILES string of the molecule is CCCC(C)CC(Cc1cccc2ccccc12)NN. The molecular weight excluding hydrogens is 244 g/mol. The Morgan fingerprint density at radius 2 is 1.85 bits per heavy atom. The predicted octanol–water partition coefficient (Wildman–Crippen LogP) is 4.04. The van der Waals surface area contributed by atoms with Crippen molar-refractivity contribution in [3.8, 4) is 0 Å². The molecule has 2 aromatic carbocycles. The zero-order valence-electron chi connectivity index (χ0n) is 12.6. The molecule has 0 fully saturated rings. The van der Waals surface area contributed by atoms with Crippen LogP contribution in [0.25, 0.3) is 10.8 Å². The van der Waals surface area contributed by atoms with Crippen molar-refractivity contribution in [2.75, 3.05) is 0 Å². The third-order valence-corrected chi connectivity index (χ3v) is 4.05. The number of rotatable bonds is 7. The van der Waals surface area contributed by atoms with Crippen LogP contribution in [0.4, 0.5) is 0 Å². The minimum atomic E-state index is 0.349. The van der Waals surface area contributed by atoms with Gasteiger partial charge in [-0.15, -0.1) is 0 Å². The molecular formula is C18H26N2. The van der Waals surface area contributed by atoms with Crippen molar-refractivity contribution >= 4 is 10.8 Å². The van der Waals surface area contributed by atoms with Gasteiger partial charge in [0.05, 0.1) is 0 Å². The lowest BCUT2D eigenvalue weighted by atomic mass is 9.92. The lowest BCUT2D eigenvalue weighted by Gasteiger charge is -2.21. The van der Waals surface area contributed by atoms with E-state index in [2.05, 4.69) is 61.7 Å². The molecule has 2 unspecified atom stereocenters. The van der Waals surface area contributed by atoms with Gasteiger partial charge >= 0.3 is 0 Å². The summed E-state index contributed by atoms with van der Waals surface area (Å²) in [6.45, 7) is 4.56. The molecule has 3 N–H and O–H groups in total. The van der Waals surface area contributed by atoms with Gasteiger partial charge in [-0.05, 0) is 35.1 Å². The molecule has 0 aliphatic rings. The second-order valence-electron chi connectivity index (χ2n) is 5.84. The van der Waals surface area contributed by atoms with Crippen LogP contribution in [0.2, 0.25) is 0 Å². The fourth-order valence-electron chi connectivity index (χ4n) is 3.04. The first-order valence-corrected chi connectivity index (χ1v) is 7.67. The van der Waals surface area contributed by atoms with E-state index < -0.39 is 0 Å². The molecule has 0 radical (unpaired) electrons. The van der Waals surface area contributed by atoms with Crippen LogP contribution in [0.5, 0.6) is 0 Å². The number of benzene rings is 2. The normalized spacial score (nSPS) is 14.3. The summed E-state index contributed by atoms with van der Waals surface area (Å²) in [5.41, 5.74) is 4.39. The summed E-state index contributed by atoms with van der Waals surface area (Å²) in [5.74, 6) is 6.48. The summed E-state index contributed by atoms with van der Waals surface area (Å²) in [6.07, 6.45) is 4.64. The van der Waals surface area contributed by atoms with Crippen LogP contribution in [-0.2, 0) is 6.42 Å². The van der Waals surface area contributed by atoms with Crippen LogP contribution in [-0.4, -0.2) is 6.04 Å². The van der Waals surface area contributed by atoms with Gasteiger partial charge in [-0.3, -0.25) is 11.3 Å². The molecule has 2 nitrogen and oxygen atoms in total. The van der Waals surface area contributed by atoms with Gasteiger partial charge in [0.2, 0.25) is 0 Å². The van der Waals surface area contributed by atoms with Gasteiger partial charge < -0.3 is 0 Å². The lowest BCUT2D eigenvalue weighted by Crippen LogP contribution is -2.38. The van der Waals surface area contributed by atoms with E-state index in [0.717, 1.165) is 18.8 Å². The maximum absolute atomic E-state index is 5.76. The van der Waals surface area contributed by atoms with Crippen LogP contribution in [0.3, 0.4) is 0 Å². The zero-order valence-corrected chi connectivity index (χ0v) is 12.6. The molecule has 2 heteroatoms. The van der Waals surface area contributed by atoms with Crippen molar-refractivity contribution in [2.45, 2.75) is 45.6 Å². The standard InChI is InChI=1S/C18H26N2/c1-3-7-14(2)12-17(20-19)13-16-10-6-9-15-8-4-5-11-18(15)16/h4-6,8-11,14,17,20H,3,7,12-13,19H2,1-2H3. The Kier molecular flexibility index (Phi) is 5.57. The third kappa shape index (κ3) is 3.81. The molecule has 20 heavy (non-hydrogen) atoms. The summed E-state index contributed by atoms with van der Waals surface area (Å²) < 4.78 is 0. The van der Waals surface area contributed by atoms with Gasteiger partial charge in [-0.1, -0.05) is 69.2 Å². The molecule has 0 heterocycles. The van der Waals surface area contributed by atoms with E-state index in [1.54, 1.807) is 0 Å². The molecule has 0 saturated carbocycles. The highest BCUT2D eigenvalue weighted by atomic mass is 15.2. The number of hydrogen-bond donors (Lipinski definition) is 2. The van der Waals surface area contributed by atoms with E-state index in [1.807, 2.05) is 0 Å². The van der Waals surface area contributed by atoms with Gasteiger partial charge in [-0.25, -0.2) is 0 Å². The van der Waals surface area contributed by atoms with E-state index >= 15 is 0 Å². The Hall–Kier alpha value is -1.38. The number of nitrogens with one attached hydrogen (secondary N) is 1. The topological polar surface area (TPSA) is 38.0 Å². The quantitative estimate of drug-likeness (QED) is 0.588. The van der Waals surface area contributed by atoms with Crippen LogP contribution in [0.1, 0.15) is 38.7 Å². The van der Waals surface area contributed by atoms with Crippen molar-refractivity contribution < 1.29 is 0 Å². The third-order valence-electron chi connectivity index (χ3n) is 4.05. The summed E-state index contributed by atoms with van der Waals surface area (Å²) in [6, 6.07) is 15.4. The predicted molar refractivity (Wildman–Crippen MR) is 87.5 cm³/mol. The second kappa shape index (κ2) is 7.41. The van der Waals surface area contributed by atoms with Crippen LogP contribution >= 0.6 is 0 Å². The molecule has 0 aliphatic carbocycles. The van der Waals surface area contributed by atoms with E-state index in [0.29, 0.717) is 6.04 Å². The average Bonchev–Trinajstić information content (AvgIpc) is 2.47. The number of fused-ring (bicyclic) bond motifs is 1. The highest BCUT2D eigenvalue weighted by Gasteiger charge is 2.13.